The number of alkyl halides is 3. The second kappa shape index (κ2) is 7.59. The number of carbonyl (C=O) groups excluding carboxylic acids is 1. The van der Waals surface area contributed by atoms with Gasteiger partial charge in [0.2, 0.25) is 5.91 Å². The summed E-state index contributed by atoms with van der Waals surface area (Å²) in [6, 6.07) is 8.87. The van der Waals surface area contributed by atoms with Crippen LogP contribution in [0.4, 0.5) is 18.9 Å². The van der Waals surface area contributed by atoms with Crippen LogP contribution in [0.5, 0.6) is 0 Å². The van der Waals surface area contributed by atoms with Gasteiger partial charge in [0.15, 0.2) is 0 Å². The van der Waals surface area contributed by atoms with Gasteiger partial charge in [0.1, 0.15) is 0 Å². The first kappa shape index (κ1) is 18.6. The van der Waals surface area contributed by atoms with Crippen LogP contribution in [-0.2, 0) is 17.4 Å². The van der Waals surface area contributed by atoms with E-state index >= 15 is 0 Å². The number of thiazole rings is 1. The van der Waals surface area contributed by atoms with E-state index in [0.29, 0.717) is 6.42 Å². The van der Waals surface area contributed by atoms with Crippen LogP contribution in [0.2, 0.25) is 0 Å². The van der Waals surface area contributed by atoms with Crippen molar-refractivity contribution < 1.29 is 18.0 Å². The van der Waals surface area contributed by atoms with Crippen molar-refractivity contribution in [3.05, 3.63) is 57.2 Å². The first-order valence-corrected chi connectivity index (χ1v) is 9.50. The lowest BCUT2D eigenvalue weighted by Crippen LogP contribution is -2.16. The Morgan fingerprint density at radius 2 is 1.96 bits per heavy atom. The Morgan fingerprint density at radius 1 is 1.19 bits per heavy atom. The number of carbonyl (C=O) groups is 1. The molecule has 0 radical (unpaired) electrons. The second-order valence-electron chi connectivity index (χ2n) is 5.57. The smallest absolute Gasteiger partial charge is 0.325 e. The zero-order chi connectivity index (χ0) is 18.7. The maximum Gasteiger partial charge on any atom is 0.418 e. The number of nitrogens with zero attached hydrogens (tertiary/aromatic N) is 1. The number of amides is 1. The highest BCUT2D eigenvalue weighted by molar-refractivity contribution is 7.15. The Hall–Kier alpha value is -2.19. The van der Waals surface area contributed by atoms with Crippen LogP contribution in [0.1, 0.15) is 21.9 Å². The van der Waals surface area contributed by atoms with Gasteiger partial charge in [-0.2, -0.15) is 13.2 Å². The highest BCUT2D eigenvalue weighted by atomic mass is 32.1. The molecule has 3 nitrogen and oxygen atoms in total. The largest absolute Gasteiger partial charge is 0.418 e. The maximum atomic E-state index is 13.0. The Kier molecular flexibility index (Phi) is 5.43. The molecule has 136 valence electrons. The summed E-state index contributed by atoms with van der Waals surface area (Å²) in [6.45, 7) is 1.89. The number of hydrogen-bond acceptors (Lipinski definition) is 4. The van der Waals surface area contributed by atoms with Crippen LogP contribution in [0.15, 0.2) is 41.8 Å². The molecule has 26 heavy (non-hydrogen) atoms. The Morgan fingerprint density at radius 3 is 2.65 bits per heavy atom. The number of aryl methyl sites for hydroxylation is 2. The highest BCUT2D eigenvalue weighted by Gasteiger charge is 2.33. The lowest BCUT2D eigenvalue weighted by atomic mass is 10.1. The van der Waals surface area contributed by atoms with Gasteiger partial charge in [-0.3, -0.25) is 4.79 Å². The van der Waals surface area contributed by atoms with E-state index in [1.54, 1.807) is 11.3 Å². The zero-order valence-electron chi connectivity index (χ0n) is 13.8. The third-order valence-corrected chi connectivity index (χ3v) is 5.55. The third-order valence-electron chi connectivity index (χ3n) is 3.64. The fourth-order valence-corrected chi connectivity index (χ4v) is 4.28. The molecule has 0 saturated carbocycles. The molecule has 0 aliphatic carbocycles. The van der Waals surface area contributed by atoms with Crippen molar-refractivity contribution in [1.82, 2.24) is 4.98 Å². The summed E-state index contributed by atoms with van der Waals surface area (Å²) >= 11 is 3.07. The lowest BCUT2D eigenvalue weighted by Gasteiger charge is -2.13. The predicted octanol–water partition coefficient (Wildman–Crippen LogP) is 5.77. The summed E-state index contributed by atoms with van der Waals surface area (Å²) in [5.74, 6) is -0.454. The van der Waals surface area contributed by atoms with Crippen molar-refractivity contribution >= 4 is 34.3 Å². The van der Waals surface area contributed by atoms with Gasteiger partial charge in [-0.25, -0.2) is 4.98 Å². The highest BCUT2D eigenvalue weighted by Crippen LogP contribution is 2.35. The normalized spacial score (nSPS) is 11.5. The Labute approximate surface area is 156 Å². The summed E-state index contributed by atoms with van der Waals surface area (Å²) in [5, 5.41) is 5.22. The summed E-state index contributed by atoms with van der Waals surface area (Å²) in [4.78, 5) is 18.7. The maximum absolute atomic E-state index is 13.0. The van der Waals surface area contributed by atoms with Crippen molar-refractivity contribution in [3.63, 3.8) is 0 Å². The number of thiophene rings is 1. The molecular formula is C18H15F3N2OS2. The number of benzene rings is 1. The van der Waals surface area contributed by atoms with E-state index in [4.69, 9.17) is 0 Å². The molecule has 0 bridgehead atoms. The number of rotatable bonds is 5. The average molecular weight is 396 g/mol. The number of anilines is 1. The summed E-state index contributed by atoms with van der Waals surface area (Å²) in [7, 11) is 0. The van der Waals surface area contributed by atoms with Gasteiger partial charge in [-0.05, 0) is 36.9 Å². The quantitative estimate of drug-likeness (QED) is 0.595. The van der Waals surface area contributed by atoms with E-state index in [1.165, 1.54) is 29.5 Å². The summed E-state index contributed by atoms with van der Waals surface area (Å²) in [5.41, 5.74) is -0.212. The van der Waals surface area contributed by atoms with Crippen molar-refractivity contribution in [3.8, 4) is 10.6 Å². The minimum atomic E-state index is -4.51. The number of para-hydroxylation sites is 1. The molecule has 0 atom stereocenters. The van der Waals surface area contributed by atoms with Gasteiger partial charge in [0.25, 0.3) is 0 Å². The van der Waals surface area contributed by atoms with E-state index in [1.807, 2.05) is 24.4 Å². The van der Waals surface area contributed by atoms with Gasteiger partial charge in [0.05, 0.1) is 26.8 Å². The van der Waals surface area contributed by atoms with Crippen LogP contribution >= 0.6 is 22.7 Å². The average Bonchev–Trinajstić information content (AvgIpc) is 3.21. The topological polar surface area (TPSA) is 42.0 Å². The minimum absolute atomic E-state index is 0.0895. The van der Waals surface area contributed by atoms with E-state index in [0.717, 1.165) is 26.5 Å². The van der Waals surface area contributed by atoms with Crippen molar-refractivity contribution in [2.75, 3.05) is 5.32 Å². The Bertz CT molecular complexity index is 902. The Balaban J connectivity index is 1.70. The first-order valence-electron chi connectivity index (χ1n) is 7.81. The van der Waals surface area contributed by atoms with Crippen LogP contribution in [0.3, 0.4) is 0 Å². The van der Waals surface area contributed by atoms with Crippen LogP contribution < -0.4 is 5.32 Å². The molecule has 0 unspecified atom stereocenters. The number of nitrogens with one attached hydrogen (secondary N) is 1. The van der Waals surface area contributed by atoms with Gasteiger partial charge in [-0.1, -0.05) is 18.2 Å². The van der Waals surface area contributed by atoms with Gasteiger partial charge in [-0.15, -0.1) is 22.7 Å². The van der Waals surface area contributed by atoms with Crippen molar-refractivity contribution in [1.29, 1.82) is 0 Å². The molecule has 0 spiro atoms. The van der Waals surface area contributed by atoms with Crippen LogP contribution in [0, 0.1) is 6.92 Å². The molecule has 0 aliphatic heterocycles. The van der Waals surface area contributed by atoms with E-state index < -0.39 is 17.6 Å². The fourth-order valence-electron chi connectivity index (χ4n) is 2.52. The second-order valence-corrected chi connectivity index (χ2v) is 7.81. The molecule has 0 saturated heterocycles. The predicted molar refractivity (Wildman–Crippen MR) is 98.6 cm³/mol. The van der Waals surface area contributed by atoms with Crippen molar-refractivity contribution in [2.45, 2.75) is 25.9 Å². The molecule has 1 aromatic carbocycles. The molecule has 3 aromatic rings. The number of hydrogen-bond donors (Lipinski definition) is 1. The standard InChI is InChI=1S/C18H15F3N2OS2/c1-11-22-17(14-7-4-10-25-14)15(26-11)8-9-16(24)23-13-6-3-2-5-12(13)18(19,20)21/h2-7,10H,8-9H2,1H3,(H,23,24). The molecule has 3 rings (SSSR count). The minimum Gasteiger partial charge on any atom is -0.325 e. The van der Waals surface area contributed by atoms with Gasteiger partial charge >= 0.3 is 6.18 Å². The number of halogens is 3. The monoisotopic (exact) mass is 396 g/mol. The summed E-state index contributed by atoms with van der Waals surface area (Å²) in [6.07, 6.45) is -3.99. The van der Waals surface area contributed by atoms with Crippen LogP contribution in [0.25, 0.3) is 10.6 Å². The molecule has 0 aliphatic rings. The van der Waals surface area contributed by atoms with Crippen molar-refractivity contribution in [2.24, 2.45) is 0 Å². The number of aromatic nitrogens is 1. The molecule has 1 amide bonds. The molecule has 0 fully saturated rings. The molecule has 2 aromatic heterocycles. The van der Waals surface area contributed by atoms with Gasteiger partial charge < -0.3 is 5.32 Å². The SMILES string of the molecule is Cc1nc(-c2cccs2)c(CCC(=O)Nc2ccccc2C(F)(F)F)s1. The lowest BCUT2D eigenvalue weighted by molar-refractivity contribution is -0.137. The molecule has 2 heterocycles. The molecule has 8 heteroatoms. The van der Waals surface area contributed by atoms with Gasteiger partial charge in [0, 0.05) is 11.3 Å². The third kappa shape index (κ3) is 4.31. The molecular weight excluding hydrogens is 381 g/mol. The van der Waals surface area contributed by atoms with E-state index in [-0.39, 0.29) is 12.1 Å². The summed E-state index contributed by atoms with van der Waals surface area (Å²) < 4.78 is 39.0. The van der Waals surface area contributed by atoms with Crippen LogP contribution in [-0.4, -0.2) is 10.9 Å². The zero-order valence-corrected chi connectivity index (χ0v) is 15.4. The van der Waals surface area contributed by atoms with E-state index in [2.05, 4.69) is 10.3 Å². The van der Waals surface area contributed by atoms with E-state index in [9.17, 15) is 18.0 Å². The first-order chi connectivity index (χ1) is 12.3. The molecule has 1 N–H and O–H groups in total. The fraction of sp³-hybridized carbons (Fsp3) is 0.222.